The number of aryl methyl sites for hydroxylation is 1. The van der Waals surface area contributed by atoms with Crippen molar-refractivity contribution in [3.63, 3.8) is 0 Å². The van der Waals surface area contributed by atoms with Crippen LogP contribution in [0.5, 0.6) is 0 Å². The van der Waals surface area contributed by atoms with Gasteiger partial charge in [-0.15, -0.1) is 0 Å². The van der Waals surface area contributed by atoms with Crippen molar-refractivity contribution in [3.8, 4) is 0 Å². The molecule has 1 aliphatic heterocycles. The van der Waals surface area contributed by atoms with Gasteiger partial charge in [-0.2, -0.15) is 0 Å². The number of rotatable bonds is 5. The number of likely N-dealkylation sites (N-methyl/N-ethyl adjacent to an activating group) is 1. The number of para-hydroxylation sites is 1. The second-order valence-corrected chi connectivity index (χ2v) is 8.98. The van der Waals surface area contributed by atoms with Gasteiger partial charge in [-0.05, 0) is 68.9 Å². The van der Waals surface area contributed by atoms with Crippen molar-refractivity contribution in [2.24, 2.45) is 0 Å². The summed E-state index contributed by atoms with van der Waals surface area (Å²) in [6, 6.07) is 16.2. The minimum atomic E-state index is -0.182. The van der Waals surface area contributed by atoms with E-state index in [0.717, 1.165) is 37.1 Å². The number of hydrogen-bond donors (Lipinski definition) is 0. The summed E-state index contributed by atoms with van der Waals surface area (Å²) < 4.78 is 0. The third-order valence-corrected chi connectivity index (χ3v) is 7.10. The standard InChI is InChI=1S/C27H34N2O2/c1-4-20-14-16-21(17-15-20)26(30)29-19(3)18-24(23-12-8-9-13-25(23)29)27(31)28(5-2)22-10-6-7-11-22/h8-9,12-17,19,22,24H,4-7,10-11,18H2,1-3H3/t19-,24+/m0/s1. The van der Waals surface area contributed by atoms with Crippen LogP contribution in [0.15, 0.2) is 48.5 Å². The Bertz CT molecular complexity index is 931. The van der Waals surface area contributed by atoms with Crippen molar-refractivity contribution in [1.29, 1.82) is 0 Å². The van der Waals surface area contributed by atoms with Crippen LogP contribution in [0.3, 0.4) is 0 Å². The molecular weight excluding hydrogens is 384 g/mol. The van der Waals surface area contributed by atoms with Gasteiger partial charge in [-0.25, -0.2) is 0 Å². The first kappa shape index (κ1) is 21.6. The van der Waals surface area contributed by atoms with E-state index in [1.54, 1.807) is 0 Å². The summed E-state index contributed by atoms with van der Waals surface area (Å²) in [7, 11) is 0. The topological polar surface area (TPSA) is 40.6 Å². The fourth-order valence-electron chi connectivity index (χ4n) is 5.39. The summed E-state index contributed by atoms with van der Waals surface area (Å²) >= 11 is 0. The molecule has 2 amide bonds. The molecule has 2 aromatic rings. The molecule has 0 aromatic heterocycles. The van der Waals surface area contributed by atoms with E-state index >= 15 is 0 Å². The molecule has 1 saturated carbocycles. The normalized spacial score (nSPS) is 21.1. The lowest BCUT2D eigenvalue weighted by Gasteiger charge is -2.41. The van der Waals surface area contributed by atoms with Gasteiger partial charge in [0.1, 0.15) is 0 Å². The summed E-state index contributed by atoms with van der Waals surface area (Å²) in [5, 5.41) is 0. The first-order valence-corrected chi connectivity index (χ1v) is 11.9. The Kier molecular flexibility index (Phi) is 6.45. The average Bonchev–Trinajstić information content (AvgIpc) is 3.33. The lowest BCUT2D eigenvalue weighted by molar-refractivity contribution is -0.135. The smallest absolute Gasteiger partial charge is 0.258 e. The Morgan fingerprint density at radius 1 is 1.00 bits per heavy atom. The molecule has 2 aliphatic rings. The van der Waals surface area contributed by atoms with Gasteiger partial charge in [0.25, 0.3) is 5.91 Å². The van der Waals surface area contributed by atoms with Crippen LogP contribution in [0.25, 0.3) is 0 Å². The van der Waals surface area contributed by atoms with E-state index in [1.165, 1.54) is 18.4 Å². The van der Waals surface area contributed by atoms with Gasteiger partial charge < -0.3 is 9.80 Å². The van der Waals surface area contributed by atoms with Crippen molar-refractivity contribution in [3.05, 3.63) is 65.2 Å². The molecule has 0 radical (unpaired) electrons. The predicted molar refractivity (Wildman–Crippen MR) is 126 cm³/mol. The van der Waals surface area contributed by atoms with Crippen molar-refractivity contribution < 1.29 is 9.59 Å². The van der Waals surface area contributed by atoms with E-state index < -0.39 is 0 Å². The van der Waals surface area contributed by atoms with Crippen LogP contribution in [0.4, 0.5) is 5.69 Å². The zero-order valence-corrected chi connectivity index (χ0v) is 19.0. The van der Waals surface area contributed by atoms with E-state index in [4.69, 9.17) is 0 Å². The van der Waals surface area contributed by atoms with Gasteiger partial charge >= 0.3 is 0 Å². The van der Waals surface area contributed by atoms with Crippen LogP contribution in [0.2, 0.25) is 0 Å². The van der Waals surface area contributed by atoms with E-state index in [1.807, 2.05) is 53.4 Å². The number of benzene rings is 2. The molecule has 4 heteroatoms. The molecule has 0 unspecified atom stereocenters. The van der Waals surface area contributed by atoms with Crippen molar-refractivity contribution in [2.45, 2.75) is 77.3 Å². The predicted octanol–water partition coefficient (Wildman–Crippen LogP) is 5.56. The van der Waals surface area contributed by atoms with Crippen LogP contribution in [0, 0.1) is 0 Å². The molecule has 1 fully saturated rings. The van der Waals surface area contributed by atoms with Gasteiger partial charge in [0, 0.05) is 29.9 Å². The van der Waals surface area contributed by atoms with Crippen molar-refractivity contribution >= 4 is 17.5 Å². The van der Waals surface area contributed by atoms with E-state index in [-0.39, 0.29) is 23.8 Å². The Balaban J connectivity index is 1.65. The summed E-state index contributed by atoms with van der Waals surface area (Å²) in [4.78, 5) is 31.1. The molecule has 31 heavy (non-hydrogen) atoms. The number of fused-ring (bicyclic) bond motifs is 1. The molecule has 2 aromatic carbocycles. The van der Waals surface area contributed by atoms with Gasteiger partial charge in [0.2, 0.25) is 5.91 Å². The zero-order valence-electron chi connectivity index (χ0n) is 19.0. The molecule has 1 heterocycles. The first-order valence-electron chi connectivity index (χ1n) is 11.9. The van der Waals surface area contributed by atoms with Crippen molar-refractivity contribution in [2.75, 3.05) is 11.4 Å². The highest BCUT2D eigenvalue weighted by Crippen LogP contribution is 2.41. The molecular formula is C27H34N2O2. The minimum absolute atomic E-state index is 0.0108. The zero-order chi connectivity index (χ0) is 22.0. The molecule has 0 spiro atoms. The summed E-state index contributed by atoms with van der Waals surface area (Å²) in [6.45, 7) is 7.02. The number of carbonyl (C=O) groups excluding carboxylic acids is 2. The molecule has 2 atom stereocenters. The Labute approximate surface area is 186 Å². The lowest BCUT2D eigenvalue weighted by atomic mass is 9.84. The number of amides is 2. The molecule has 0 saturated heterocycles. The number of nitrogens with zero attached hydrogens (tertiary/aromatic N) is 2. The van der Waals surface area contributed by atoms with Crippen molar-refractivity contribution in [1.82, 2.24) is 4.90 Å². The van der Waals surface area contributed by atoms with E-state index in [2.05, 4.69) is 25.7 Å². The van der Waals surface area contributed by atoms with Crippen LogP contribution in [-0.2, 0) is 11.2 Å². The van der Waals surface area contributed by atoms with Gasteiger partial charge in [-0.1, -0.05) is 50.1 Å². The van der Waals surface area contributed by atoms with Gasteiger partial charge in [-0.3, -0.25) is 9.59 Å². The Morgan fingerprint density at radius 3 is 2.32 bits per heavy atom. The van der Waals surface area contributed by atoms with Gasteiger partial charge in [0.05, 0.1) is 5.92 Å². The minimum Gasteiger partial charge on any atom is -0.339 e. The van der Waals surface area contributed by atoms with E-state index in [0.29, 0.717) is 18.0 Å². The highest BCUT2D eigenvalue weighted by Gasteiger charge is 2.40. The molecule has 4 nitrogen and oxygen atoms in total. The fraction of sp³-hybridized carbons (Fsp3) is 0.481. The monoisotopic (exact) mass is 418 g/mol. The number of hydrogen-bond acceptors (Lipinski definition) is 2. The molecule has 1 aliphatic carbocycles. The fourth-order valence-corrected chi connectivity index (χ4v) is 5.39. The summed E-state index contributed by atoms with van der Waals surface area (Å²) in [5.74, 6) is 0.0583. The molecule has 0 N–H and O–H groups in total. The lowest BCUT2D eigenvalue weighted by Crippen LogP contribution is -2.48. The highest BCUT2D eigenvalue weighted by atomic mass is 16.2. The second-order valence-electron chi connectivity index (χ2n) is 8.98. The molecule has 0 bridgehead atoms. The summed E-state index contributed by atoms with van der Waals surface area (Å²) in [5.41, 5.74) is 3.79. The maximum absolute atomic E-state index is 13.7. The number of anilines is 1. The quantitative estimate of drug-likeness (QED) is 0.637. The third-order valence-electron chi connectivity index (χ3n) is 7.10. The first-order chi connectivity index (χ1) is 15.0. The maximum Gasteiger partial charge on any atom is 0.258 e. The highest BCUT2D eigenvalue weighted by molar-refractivity contribution is 6.08. The largest absolute Gasteiger partial charge is 0.339 e. The van der Waals surface area contributed by atoms with Crippen LogP contribution >= 0.6 is 0 Å². The Hall–Kier alpha value is -2.62. The SMILES string of the molecule is CCc1ccc(C(=O)N2c3ccccc3[C@H](C(=O)N(CC)C3CCCC3)C[C@@H]2C)cc1. The summed E-state index contributed by atoms with van der Waals surface area (Å²) in [6.07, 6.45) is 6.27. The molecule has 164 valence electrons. The third kappa shape index (κ3) is 4.13. The Morgan fingerprint density at radius 2 is 1.68 bits per heavy atom. The molecule has 4 rings (SSSR count). The maximum atomic E-state index is 13.7. The van der Waals surface area contributed by atoms with Crippen LogP contribution in [0.1, 0.15) is 80.3 Å². The second kappa shape index (κ2) is 9.25. The van der Waals surface area contributed by atoms with Crippen LogP contribution < -0.4 is 4.90 Å². The average molecular weight is 419 g/mol. The van der Waals surface area contributed by atoms with E-state index in [9.17, 15) is 9.59 Å². The van der Waals surface area contributed by atoms with Crippen LogP contribution in [-0.4, -0.2) is 35.3 Å². The van der Waals surface area contributed by atoms with Gasteiger partial charge in [0.15, 0.2) is 0 Å². The number of carbonyl (C=O) groups is 2.